The van der Waals surface area contributed by atoms with Crippen LogP contribution in [-0.4, -0.2) is 15.6 Å². The van der Waals surface area contributed by atoms with Gasteiger partial charge in [-0.3, -0.25) is 4.79 Å². The molecule has 21 heavy (non-hydrogen) atoms. The van der Waals surface area contributed by atoms with E-state index in [4.69, 9.17) is 11.6 Å². The predicted octanol–water partition coefficient (Wildman–Crippen LogP) is 4.42. The summed E-state index contributed by atoms with van der Waals surface area (Å²) < 4.78 is 1.91. The second-order valence-electron chi connectivity index (χ2n) is 5.00. The Morgan fingerprint density at radius 1 is 1.14 bits per heavy atom. The first-order valence-electron chi connectivity index (χ1n) is 6.66. The standard InChI is InChI=1S/C17H14ClNO2/c1-11(17(20)21)16-15-4-2-3-12(15)9-10-19(16)14-7-5-13(18)6-8-14/h2-11H,1H3,(H,20,21). The molecule has 1 unspecified atom stereocenters. The first-order chi connectivity index (χ1) is 10.1. The summed E-state index contributed by atoms with van der Waals surface area (Å²) in [5, 5.41) is 10.1. The molecule has 0 saturated carbocycles. The molecule has 0 spiro atoms. The minimum Gasteiger partial charge on any atom is -0.481 e. The number of carboxylic acid groups (broad SMARTS) is 1. The Hall–Kier alpha value is -2.26. The number of hydrogen-bond acceptors (Lipinski definition) is 1. The lowest BCUT2D eigenvalue weighted by Crippen LogP contribution is -2.15. The molecule has 0 radical (unpaired) electrons. The van der Waals surface area contributed by atoms with Crippen molar-refractivity contribution in [1.82, 2.24) is 4.57 Å². The van der Waals surface area contributed by atoms with Crippen molar-refractivity contribution in [2.45, 2.75) is 12.8 Å². The molecule has 0 aromatic heterocycles. The first-order valence-corrected chi connectivity index (χ1v) is 7.04. The number of halogens is 1. The molecule has 2 aliphatic rings. The van der Waals surface area contributed by atoms with Crippen LogP contribution in [0.15, 0.2) is 54.7 Å². The van der Waals surface area contributed by atoms with Gasteiger partial charge in [-0.05, 0) is 42.8 Å². The molecule has 0 bridgehead atoms. The lowest BCUT2D eigenvalue weighted by Gasteiger charge is -2.20. The van der Waals surface area contributed by atoms with Gasteiger partial charge in [-0.1, -0.05) is 29.8 Å². The number of rotatable bonds is 3. The highest BCUT2D eigenvalue weighted by Crippen LogP contribution is 2.34. The normalized spacial score (nSPS) is 12.5. The summed E-state index contributed by atoms with van der Waals surface area (Å²) in [5.74, 6) is -1.45. The Morgan fingerprint density at radius 3 is 2.52 bits per heavy atom. The van der Waals surface area contributed by atoms with Crippen LogP contribution in [0.25, 0.3) is 16.8 Å². The minimum absolute atomic E-state index is 0.605. The molecular formula is C17H14ClNO2. The van der Waals surface area contributed by atoms with E-state index in [-0.39, 0.29) is 0 Å². The zero-order valence-corrected chi connectivity index (χ0v) is 12.2. The van der Waals surface area contributed by atoms with Crippen molar-refractivity contribution in [2.24, 2.45) is 0 Å². The quantitative estimate of drug-likeness (QED) is 0.777. The number of pyridine rings is 1. The average Bonchev–Trinajstić information content (AvgIpc) is 2.94. The van der Waals surface area contributed by atoms with Crippen LogP contribution in [0.5, 0.6) is 0 Å². The van der Waals surface area contributed by atoms with Crippen LogP contribution in [0.2, 0.25) is 5.02 Å². The Balaban J connectivity index is 2.26. The molecule has 106 valence electrons. The highest BCUT2D eigenvalue weighted by atomic mass is 35.5. The van der Waals surface area contributed by atoms with Gasteiger partial charge in [0.25, 0.3) is 0 Å². The second-order valence-corrected chi connectivity index (χ2v) is 5.44. The number of carboxylic acids is 1. The van der Waals surface area contributed by atoms with Crippen molar-refractivity contribution in [3.05, 3.63) is 65.4 Å². The van der Waals surface area contributed by atoms with Gasteiger partial charge in [0.05, 0.1) is 5.92 Å². The van der Waals surface area contributed by atoms with Gasteiger partial charge in [-0.15, -0.1) is 0 Å². The van der Waals surface area contributed by atoms with Crippen molar-refractivity contribution in [3.8, 4) is 16.8 Å². The van der Waals surface area contributed by atoms with Gasteiger partial charge in [0.15, 0.2) is 0 Å². The van der Waals surface area contributed by atoms with Crippen molar-refractivity contribution in [1.29, 1.82) is 0 Å². The van der Waals surface area contributed by atoms with Gasteiger partial charge >= 0.3 is 5.97 Å². The molecule has 4 heteroatoms. The Kier molecular flexibility index (Phi) is 3.43. The van der Waals surface area contributed by atoms with Gasteiger partial charge in [0, 0.05) is 28.2 Å². The molecule has 0 amide bonds. The van der Waals surface area contributed by atoms with E-state index >= 15 is 0 Å². The Bertz CT molecular complexity index is 761. The highest BCUT2D eigenvalue weighted by Gasteiger charge is 2.23. The zero-order chi connectivity index (χ0) is 15.0. The van der Waals surface area contributed by atoms with Gasteiger partial charge in [-0.2, -0.15) is 0 Å². The van der Waals surface area contributed by atoms with Crippen molar-refractivity contribution >= 4 is 17.6 Å². The molecule has 1 aromatic carbocycles. The number of hydrogen-bond donors (Lipinski definition) is 1. The molecule has 1 heterocycles. The van der Waals surface area contributed by atoms with E-state index < -0.39 is 11.9 Å². The maximum absolute atomic E-state index is 11.5. The van der Waals surface area contributed by atoms with Crippen LogP contribution < -0.4 is 0 Å². The summed E-state index contributed by atoms with van der Waals surface area (Å²) in [4.78, 5) is 11.5. The van der Waals surface area contributed by atoms with Crippen LogP contribution in [0.4, 0.5) is 0 Å². The molecule has 1 atom stereocenters. The summed E-state index contributed by atoms with van der Waals surface area (Å²) in [6.07, 6.45) is 1.90. The van der Waals surface area contributed by atoms with Gasteiger partial charge in [0.1, 0.15) is 0 Å². The number of aliphatic carboxylic acids is 1. The van der Waals surface area contributed by atoms with Crippen LogP contribution in [0, 0.1) is 0 Å². The Labute approximate surface area is 127 Å². The molecule has 1 N–H and O–H groups in total. The highest BCUT2D eigenvalue weighted by molar-refractivity contribution is 6.30. The number of nitrogens with zero attached hydrogens (tertiary/aromatic N) is 1. The molecule has 1 aromatic rings. The second kappa shape index (κ2) is 5.26. The summed E-state index contributed by atoms with van der Waals surface area (Å²) in [7, 11) is 0. The van der Waals surface area contributed by atoms with Crippen molar-refractivity contribution in [2.75, 3.05) is 0 Å². The molecular weight excluding hydrogens is 286 g/mol. The lowest BCUT2D eigenvalue weighted by atomic mass is 9.98. The van der Waals surface area contributed by atoms with E-state index in [1.807, 2.05) is 47.2 Å². The summed E-state index contributed by atoms with van der Waals surface area (Å²) in [6.45, 7) is 1.70. The van der Waals surface area contributed by atoms with Crippen LogP contribution in [0.1, 0.15) is 18.5 Å². The Morgan fingerprint density at radius 2 is 1.86 bits per heavy atom. The topological polar surface area (TPSA) is 42.2 Å². The third-order valence-corrected chi connectivity index (χ3v) is 3.93. The molecule has 0 saturated heterocycles. The molecule has 0 fully saturated rings. The van der Waals surface area contributed by atoms with E-state index in [0.717, 1.165) is 22.5 Å². The fourth-order valence-electron chi connectivity index (χ4n) is 2.56. The summed E-state index contributed by atoms with van der Waals surface area (Å²) in [6, 6.07) is 15.2. The van der Waals surface area contributed by atoms with E-state index in [1.54, 1.807) is 19.1 Å². The third kappa shape index (κ3) is 2.41. The maximum Gasteiger partial charge on any atom is 0.312 e. The monoisotopic (exact) mass is 299 g/mol. The van der Waals surface area contributed by atoms with Gasteiger partial charge in [0.2, 0.25) is 0 Å². The van der Waals surface area contributed by atoms with E-state index in [0.29, 0.717) is 5.02 Å². The summed E-state index contributed by atoms with van der Waals surface area (Å²) >= 11 is 5.93. The number of carbonyl (C=O) groups is 1. The van der Waals surface area contributed by atoms with Crippen LogP contribution >= 0.6 is 11.6 Å². The van der Waals surface area contributed by atoms with E-state index in [1.165, 1.54) is 0 Å². The average molecular weight is 300 g/mol. The summed E-state index contributed by atoms with van der Waals surface area (Å²) in [5.41, 5.74) is 3.67. The lowest BCUT2D eigenvalue weighted by molar-refractivity contribution is -0.138. The molecule has 3 rings (SSSR count). The fraction of sp³-hybridized carbons (Fsp3) is 0.118. The predicted molar refractivity (Wildman–Crippen MR) is 83.5 cm³/mol. The van der Waals surface area contributed by atoms with Gasteiger partial charge in [-0.25, -0.2) is 0 Å². The first kappa shape index (κ1) is 13.7. The SMILES string of the molecule is CC(C(=O)O)c1c2cccc-2ccn1-c1ccc(Cl)cc1. The van der Waals surface area contributed by atoms with E-state index in [9.17, 15) is 9.90 Å². The largest absolute Gasteiger partial charge is 0.481 e. The third-order valence-electron chi connectivity index (χ3n) is 3.67. The zero-order valence-electron chi connectivity index (χ0n) is 11.5. The number of benzene rings is 1. The fourth-order valence-corrected chi connectivity index (χ4v) is 2.69. The van der Waals surface area contributed by atoms with E-state index in [2.05, 4.69) is 0 Å². The van der Waals surface area contributed by atoms with Crippen molar-refractivity contribution < 1.29 is 9.90 Å². The number of aromatic nitrogens is 1. The molecule has 1 aliphatic heterocycles. The van der Waals surface area contributed by atoms with Crippen LogP contribution in [-0.2, 0) is 4.79 Å². The molecule has 3 nitrogen and oxygen atoms in total. The number of fused-ring (bicyclic) bond motifs is 1. The van der Waals surface area contributed by atoms with Gasteiger partial charge < -0.3 is 9.67 Å². The van der Waals surface area contributed by atoms with Crippen molar-refractivity contribution in [3.63, 3.8) is 0 Å². The van der Waals surface area contributed by atoms with Crippen LogP contribution in [0.3, 0.4) is 0 Å². The molecule has 1 aliphatic carbocycles. The smallest absolute Gasteiger partial charge is 0.312 e. The maximum atomic E-state index is 11.5. The minimum atomic E-state index is -0.841.